The summed E-state index contributed by atoms with van der Waals surface area (Å²) < 4.78 is 0. The Morgan fingerprint density at radius 1 is 1.12 bits per heavy atom. The number of carbonyl (C=O) groups is 2. The van der Waals surface area contributed by atoms with Gasteiger partial charge in [0.25, 0.3) is 0 Å². The summed E-state index contributed by atoms with van der Waals surface area (Å²) in [6, 6.07) is 0. The van der Waals surface area contributed by atoms with Gasteiger partial charge in [-0.15, -0.1) is 0 Å². The molecule has 0 atom stereocenters. The number of nitrogens with one attached hydrogen (secondary N) is 2. The van der Waals surface area contributed by atoms with Gasteiger partial charge in [0, 0.05) is 26.1 Å². The van der Waals surface area contributed by atoms with Gasteiger partial charge < -0.3 is 16.4 Å². The first-order valence-corrected chi connectivity index (χ1v) is 6.31. The van der Waals surface area contributed by atoms with Crippen LogP contribution in [-0.4, -0.2) is 31.4 Å². The molecule has 0 aromatic carbocycles. The van der Waals surface area contributed by atoms with E-state index in [-0.39, 0.29) is 11.8 Å². The zero-order valence-corrected chi connectivity index (χ0v) is 11.1. The molecule has 0 spiro atoms. The number of amides is 2. The van der Waals surface area contributed by atoms with E-state index >= 15 is 0 Å². The van der Waals surface area contributed by atoms with Crippen molar-refractivity contribution in [2.75, 3.05) is 19.6 Å². The molecule has 5 heteroatoms. The van der Waals surface area contributed by atoms with E-state index in [0.717, 1.165) is 0 Å². The molecule has 0 fully saturated rings. The molecule has 100 valence electrons. The summed E-state index contributed by atoms with van der Waals surface area (Å²) >= 11 is 0. The van der Waals surface area contributed by atoms with E-state index in [9.17, 15) is 9.59 Å². The Labute approximate surface area is 104 Å². The predicted molar refractivity (Wildman–Crippen MR) is 68.4 cm³/mol. The second kappa shape index (κ2) is 8.06. The molecule has 0 bridgehead atoms. The number of rotatable bonds is 8. The van der Waals surface area contributed by atoms with E-state index in [2.05, 4.69) is 10.6 Å². The van der Waals surface area contributed by atoms with E-state index in [0.29, 0.717) is 38.9 Å². The van der Waals surface area contributed by atoms with Gasteiger partial charge in [-0.2, -0.15) is 0 Å². The summed E-state index contributed by atoms with van der Waals surface area (Å²) in [7, 11) is 0. The SMILES string of the molecule is CCNC(=O)CCNC(=O)C(CC)(CC)CN. The molecule has 2 amide bonds. The highest BCUT2D eigenvalue weighted by Gasteiger charge is 2.32. The minimum Gasteiger partial charge on any atom is -0.356 e. The fraction of sp³-hybridized carbons (Fsp3) is 0.833. The molecule has 0 radical (unpaired) electrons. The molecule has 0 rings (SSSR count). The summed E-state index contributed by atoms with van der Waals surface area (Å²) in [5, 5.41) is 5.47. The summed E-state index contributed by atoms with van der Waals surface area (Å²) in [5.74, 6) is -0.0894. The van der Waals surface area contributed by atoms with Crippen LogP contribution in [-0.2, 0) is 9.59 Å². The molecule has 0 aliphatic carbocycles. The van der Waals surface area contributed by atoms with Gasteiger partial charge in [-0.3, -0.25) is 9.59 Å². The lowest BCUT2D eigenvalue weighted by Crippen LogP contribution is -2.46. The Balaban J connectivity index is 4.12. The topological polar surface area (TPSA) is 84.2 Å². The smallest absolute Gasteiger partial charge is 0.227 e. The minimum atomic E-state index is -0.485. The van der Waals surface area contributed by atoms with Crippen LogP contribution in [0.2, 0.25) is 0 Å². The quantitative estimate of drug-likeness (QED) is 0.576. The highest BCUT2D eigenvalue weighted by molar-refractivity contribution is 5.83. The van der Waals surface area contributed by atoms with Crippen molar-refractivity contribution < 1.29 is 9.59 Å². The van der Waals surface area contributed by atoms with Gasteiger partial charge in [0.05, 0.1) is 5.41 Å². The Morgan fingerprint density at radius 3 is 2.12 bits per heavy atom. The van der Waals surface area contributed by atoms with Crippen LogP contribution in [0.4, 0.5) is 0 Å². The van der Waals surface area contributed by atoms with Gasteiger partial charge in [0.15, 0.2) is 0 Å². The van der Waals surface area contributed by atoms with Gasteiger partial charge in [0.2, 0.25) is 11.8 Å². The molecule has 17 heavy (non-hydrogen) atoms. The molecular weight excluding hydrogens is 218 g/mol. The molecule has 0 aromatic rings. The van der Waals surface area contributed by atoms with Crippen LogP contribution in [0, 0.1) is 5.41 Å². The second-order valence-electron chi connectivity index (χ2n) is 4.15. The monoisotopic (exact) mass is 243 g/mol. The Bertz CT molecular complexity index is 242. The van der Waals surface area contributed by atoms with E-state index in [1.165, 1.54) is 0 Å². The molecule has 0 aliphatic heterocycles. The highest BCUT2D eigenvalue weighted by atomic mass is 16.2. The van der Waals surface area contributed by atoms with Gasteiger partial charge in [-0.1, -0.05) is 13.8 Å². The fourth-order valence-corrected chi connectivity index (χ4v) is 1.72. The molecule has 0 aromatic heterocycles. The van der Waals surface area contributed by atoms with Crippen LogP contribution >= 0.6 is 0 Å². The summed E-state index contributed by atoms with van der Waals surface area (Å²) in [4.78, 5) is 23.2. The summed E-state index contributed by atoms with van der Waals surface area (Å²) in [6.07, 6.45) is 1.74. The van der Waals surface area contributed by atoms with Gasteiger partial charge in [-0.05, 0) is 19.8 Å². The van der Waals surface area contributed by atoms with Crippen LogP contribution in [0.15, 0.2) is 0 Å². The zero-order chi connectivity index (χ0) is 13.3. The first kappa shape index (κ1) is 15.9. The van der Waals surface area contributed by atoms with Crippen LogP contribution in [0.1, 0.15) is 40.0 Å². The normalized spacial score (nSPS) is 11.1. The summed E-state index contributed by atoms with van der Waals surface area (Å²) in [5.41, 5.74) is 5.18. The lowest BCUT2D eigenvalue weighted by atomic mass is 9.81. The molecule has 0 heterocycles. The number of carbonyl (C=O) groups excluding carboxylic acids is 2. The van der Waals surface area contributed by atoms with Crippen molar-refractivity contribution in [1.82, 2.24) is 10.6 Å². The van der Waals surface area contributed by atoms with Gasteiger partial charge in [0.1, 0.15) is 0 Å². The summed E-state index contributed by atoms with van der Waals surface area (Å²) in [6.45, 7) is 7.10. The lowest BCUT2D eigenvalue weighted by Gasteiger charge is -2.28. The Hall–Kier alpha value is -1.10. The van der Waals surface area contributed by atoms with Crippen LogP contribution in [0.5, 0.6) is 0 Å². The minimum absolute atomic E-state index is 0.0425. The second-order valence-corrected chi connectivity index (χ2v) is 4.15. The van der Waals surface area contributed by atoms with Crippen LogP contribution in [0.25, 0.3) is 0 Å². The van der Waals surface area contributed by atoms with Gasteiger partial charge >= 0.3 is 0 Å². The number of hydrogen-bond acceptors (Lipinski definition) is 3. The third-order valence-electron chi connectivity index (χ3n) is 3.24. The molecule has 4 N–H and O–H groups in total. The molecule has 0 unspecified atom stereocenters. The maximum atomic E-state index is 12.0. The van der Waals surface area contributed by atoms with Crippen molar-refractivity contribution >= 4 is 11.8 Å². The molecule has 0 saturated carbocycles. The van der Waals surface area contributed by atoms with Crippen molar-refractivity contribution in [3.8, 4) is 0 Å². The van der Waals surface area contributed by atoms with Crippen LogP contribution < -0.4 is 16.4 Å². The van der Waals surface area contributed by atoms with E-state index < -0.39 is 5.41 Å². The molecule has 0 saturated heterocycles. The molecule has 0 aliphatic rings. The Morgan fingerprint density at radius 2 is 1.71 bits per heavy atom. The first-order chi connectivity index (χ1) is 8.06. The fourth-order valence-electron chi connectivity index (χ4n) is 1.72. The van der Waals surface area contributed by atoms with E-state index in [4.69, 9.17) is 5.73 Å². The van der Waals surface area contributed by atoms with Crippen molar-refractivity contribution in [1.29, 1.82) is 0 Å². The maximum absolute atomic E-state index is 12.0. The zero-order valence-electron chi connectivity index (χ0n) is 11.1. The molecule has 5 nitrogen and oxygen atoms in total. The van der Waals surface area contributed by atoms with E-state index in [1.807, 2.05) is 20.8 Å². The first-order valence-electron chi connectivity index (χ1n) is 6.31. The maximum Gasteiger partial charge on any atom is 0.227 e. The number of hydrogen-bond donors (Lipinski definition) is 3. The third kappa shape index (κ3) is 4.73. The van der Waals surface area contributed by atoms with Gasteiger partial charge in [-0.25, -0.2) is 0 Å². The van der Waals surface area contributed by atoms with Crippen molar-refractivity contribution in [2.24, 2.45) is 11.1 Å². The Kier molecular flexibility index (Phi) is 7.54. The lowest BCUT2D eigenvalue weighted by molar-refractivity contribution is -0.131. The average molecular weight is 243 g/mol. The third-order valence-corrected chi connectivity index (χ3v) is 3.24. The van der Waals surface area contributed by atoms with Crippen molar-refractivity contribution in [3.63, 3.8) is 0 Å². The highest BCUT2D eigenvalue weighted by Crippen LogP contribution is 2.24. The number of nitrogens with two attached hydrogens (primary N) is 1. The van der Waals surface area contributed by atoms with Crippen molar-refractivity contribution in [3.05, 3.63) is 0 Å². The molecular formula is C12H25N3O2. The van der Waals surface area contributed by atoms with Crippen LogP contribution in [0.3, 0.4) is 0 Å². The van der Waals surface area contributed by atoms with Crippen molar-refractivity contribution in [2.45, 2.75) is 40.0 Å². The average Bonchev–Trinajstić information content (AvgIpc) is 2.32. The predicted octanol–water partition coefficient (Wildman–Crippen LogP) is 0.394. The van der Waals surface area contributed by atoms with E-state index in [1.54, 1.807) is 0 Å². The standard InChI is InChI=1S/C12H25N3O2/c1-4-12(5-2,9-13)11(17)15-8-7-10(16)14-6-3/h4-9,13H2,1-3H3,(H,14,16)(H,15,17). The largest absolute Gasteiger partial charge is 0.356 e.